The van der Waals surface area contributed by atoms with Gasteiger partial charge < -0.3 is 20.7 Å². The molecule has 0 aliphatic heterocycles. The second-order valence-corrected chi connectivity index (χ2v) is 11.6. The molecule has 4 rings (SSSR count). The zero-order valence-electron chi connectivity index (χ0n) is 26.1. The third kappa shape index (κ3) is 9.09. The molecule has 0 bridgehead atoms. The maximum absolute atomic E-state index is 13.6. The van der Waals surface area contributed by atoms with Crippen molar-refractivity contribution in [2.24, 2.45) is 0 Å². The minimum absolute atomic E-state index is 0.0600. The Morgan fingerprint density at radius 1 is 0.844 bits per heavy atom. The van der Waals surface area contributed by atoms with Crippen LogP contribution in [0.4, 0.5) is 11.4 Å². The number of nitrogens with one attached hydrogen (secondary N) is 3. The highest BCUT2D eigenvalue weighted by Crippen LogP contribution is 2.30. The maximum Gasteiger partial charge on any atom is 0.272 e. The van der Waals surface area contributed by atoms with E-state index in [1.54, 1.807) is 36.4 Å². The summed E-state index contributed by atoms with van der Waals surface area (Å²) in [6, 6.07) is 29.4. The number of hydrogen-bond acceptors (Lipinski definition) is 5. The van der Waals surface area contributed by atoms with Gasteiger partial charge in [0.2, 0.25) is 5.91 Å². The first-order valence-corrected chi connectivity index (χ1v) is 16.0. The average Bonchev–Trinajstić information content (AvgIpc) is 3.05. The predicted octanol–water partition coefficient (Wildman–Crippen LogP) is 7.88. The first-order chi connectivity index (χ1) is 21.8. The van der Waals surface area contributed by atoms with E-state index in [1.165, 1.54) is 11.8 Å². The van der Waals surface area contributed by atoms with Crippen molar-refractivity contribution in [1.82, 2.24) is 5.32 Å². The molecule has 8 heteroatoms. The minimum Gasteiger partial charge on any atom is -0.493 e. The fourth-order valence-corrected chi connectivity index (χ4v) is 5.74. The largest absolute Gasteiger partial charge is 0.493 e. The fraction of sp³-hybridized carbons (Fsp3) is 0.216. The number of anilines is 2. The Balaban J connectivity index is 1.54. The molecular weight excluding hydrogens is 582 g/mol. The van der Waals surface area contributed by atoms with E-state index in [4.69, 9.17) is 4.74 Å². The molecule has 0 heterocycles. The Morgan fingerprint density at radius 3 is 2.31 bits per heavy atom. The molecule has 45 heavy (non-hydrogen) atoms. The lowest BCUT2D eigenvalue weighted by molar-refractivity contribution is -0.116. The number of benzene rings is 4. The first kappa shape index (κ1) is 33.1. The Kier molecular flexibility index (Phi) is 12.0. The van der Waals surface area contributed by atoms with Crippen LogP contribution < -0.4 is 20.7 Å². The van der Waals surface area contributed by atoms with Gasteiger partial charge in [-0.15, -0.1) is 11.8 Å². The molecule has 7 nitrogen and oxygen atoms in total. The molecule has 4 aromatic rings. The van der Waals surface area contributed by atoms with Crippen molar-refractivity contribution < 1.29 is 19.1 Å². The smallest absolute Gasteiger partial charge is 0.272 e. The quantitative estimate of drug-likeness (QED) is 0.104. The van der Waals surface area contributed by atoms with Crippen molar-refractivity contribution in [3.05, 3.63) is 125 Å². The van der Waals surface area contributed by atoms with E-state index in [2.05, 4.69) is 22.9 Å². The Bertz CT molecular complexity index is 1670. The number of thioether (sulfide) groups is 1. The van der Waals surface area contributed by atoms with Crippen molar-refractivity contribution in [1.29, 1.82) is 0 Å². The van der Waals surface area contributed by atoms with E-state index in [9.17, 15) is 14.4 Å². The lowest BCUT2D eigenvalue weighted by Crippen LogP contribution is -2.30. The SMILES string of the molecule is CCOc1ccccc1/C=C(/NC(=O)c1ccccc1)C(=O)Nc1cccc(SC(CC)C(=O)Nc2c(C)cccc2CC)c1. The molecule has 0 aliphatic carbocycles. The Morgan fingerprint density at radius 2 is 1.58 bits per heavy atom. The van der Waals surface area contributed by atoms with Gasteiger partial charge in [0.1, 0.15) is 11.4 Å². The first-order valence-electron chi connectivity index (χ1n) is 15.1. The molecule has 0 aliphatic rings. The van der Waals surface area contributed by atoms with Crippen LogP contribution in [-0.2, 0) is 16.0 Å². The summed E-state index contributed by atoms with van der Waals surface area (Å²) in [6.07, 6.45) is 3.05. The van der Waals surface area contributed by atoms with Gasteiger partial charge in [-0.1, -0.05) is 74.5 Å². The average molecular weight is 622 g/mol. The summed E-state index contributed by atoms with van der Waals surface area (Å²) in [5.41, 5.74) is 4.66. The second kappa shape index (κ2) is 16.3. The summed E-state index contributed by atoms with van der Waals surface area (Å²) in [5.74, 6) is -0.378. The van der Waals surface area contributed by atoms with Gasteiger partial charge in [0, 0.05) is 27.4 Å². The highest BCUT2D eigenvalue weighted by molar-refractivity contribution is 8.00. The summed E-state index contributed by atoms with van der Waals surface area (Å²) in [4.78, 5) is 40.9. The number of hydrogen-bond donors (Lipinski definition) is 3. The third-order valence-electron chi connectivity index (χ3n) is 7.07. The summed E-state index contributed by atoms with van der Waals surface area (Å²) >= 11 is 1.44. The Labute approximate surface area is 269 Å². The molecule has 1 unspecified atom stereocenters. The monoisotopic (exact) mass is 621 g/mol. The number of amides is 3. The number of aryl methyl sites for hydroxylation is 2. The van der Waals surface area contributed by atoms with Gasteiger partial charge in [-0.05, 0) is 80.3 Å². The van der Waals surface area contributed by atoms with Gasteiger partial charge in [0.15, 0.2) is 0 Å². The van der Waals surface area contributed by atoms with Crippen molar-refractivity contribution in [2.75, 3.05) is 17.2 Å². The van der Waals surface area contributed by atoms with Gasteiger partial charge >= 0.3 is 0 Å². The van der Waals surface area contributed by atoms with Crippen LogP contribution >= 0.6 is 11.8 Å². The van der Waals surface area contributed by atoms with Crippen LogP contribution in [0.25, 0.3) is 6.08 Å². The molecule has 3 amide bonds. The molecule has 0 radical (unpaired) electrons. The summed E-state index contributed by atoms with van der Waals surface area (Å²) in [5, 5.41) is 8.50. The fourth-order valence-electron chi connectivity index (χ4n) is 4.72. The van der Waals surface area contributed by atoms with Crippen LogP contribution in [0.5, 0.6) is 5.75 Å². The standard InChI is InChI=1S/C37H39N3O4S/c1-5-26-19-13-15-25(4)34(26)40-37(43)33(6-2)45-30-21-14-20-29(24-30)38-36(42)31(39-35(41)27-16-9-8-10-17-27)23-28-18-11-12-22-32(28)44-7-3/h8-24,33H,5-7H2,1-4H3,(H,38,42)(H,39,41)(H,40,43)/b31-23+. The number of ether oxygens (including phenoxy) is 1. The molecule has 0 fully saturated rings. The van der Waals surface area contributed by atoms with Gasteiger partial charge in [-0.2, -0.15) is 0 Å². The predicted molar refractivity (Wildman–Crippen MR) is 184 cm³/mol. The highest BCUT2D eigenvalue weighted by atomic mass is 32.2. The lowest BCUT2D eigenvalue weighted by Gasteiger charge is -2.18. The molecule has 3 N–H and O–H groups in total. The van der Waals surface area contributed by atoms with Crippen LogP contribution in [0.1, 0.15) is 54.2 Å². The van der Waals surface area contributed by atoms with E-state index < -0.39 is 11.8 Å². The Hall–Kier alpha value is -4.82. The maximum atomic E-state index is 13.6. The molecular formula is C37H39N3O4S. The molecule has 0 saturated heterocycles. The van der Waals surface area contributed by atoms with E-state index >= 15 is 0 Å². The normalized spacial score (nSPS) is 11.8. The van der Waals surface area contributed by atoms with E-state index in [-0.39, 0.29) is 16.9 Å². The number of carbonyl (C=O) groups excluding carboxylic acids is 3. The highest BCUT2D eigenvalue weighted by Gasteiger charge is 2.21. The molecule has 1 atom stereocenters. The van der Waals surface area contributed by atoms with Crippen LogP contribution in [0, 0.1) is 6.92 Å². The molecule has 232 valence electrons. The number of carbonyl (C=O) groups is 3. The third-order valence-corrected chi connectivity index (χ3v) is 8.43. The minimum atomic E-state index is -0.496. The lowest BCUT2D eigenvalue weighted by atomic mass is 10.1. The topological polar surface area (TPSA) is 96.5 Å². The summed E-state index contributed by atoms with van der Waals surface area (Å²) in [6.45, 7) is 8.38. The molecule has 0 aromatic heterocycles. The zero-order valence-corrected chi connectivity index (χ0v) is 26.9. The van der Waals surface area contributed by atoms with Crippen molar-refractivity contribution in [3.63, 3.8) is 0 Å². The molecule has 4 aromatic carbocycles. The number of para-hydroxylation sites is 2. The van der Waals surface area contributed by atoms with Gasteiger partial charge in [0.05, 0.1) is 11.9 Å². The summed E-state index contributed by atoms with van der Waals surface area (Å²) in [7, 11) is 0. The van der Waals surface area contributed by atoms with Crippen molar-refractivity contribution in [2.45, 2.75) is 50.7 Å². The van der Waals surface area contributed by atoms with E-state index in [1.807, 2.05) is 87.5 Å². The second-order valence-electron chi connectivity index (χ2n) is 10.3. The number of rotatable bonds is 13. The zero-order chi connectivity index (χ0) is 32.2. The summed E-state index contributed by atoms with van der Waals surface area (Å²) < 4.78 is 5.74. The van der Waals surface area contributed by atoms with Crippen LogP contribution in [0.15, 0.2) is 108 Å². The van der Waals surface area contributed by atoms with E-state index in [0.717, 1.165) is 28.1 Å². The van der Waals surface area contributed by atoms with Crippen LogP contribution in [0.3, 0.4) is 0 Å². The van der Waals surface area contributed by atoms with Crippen LogP contribution in [0.2, 0.25) is 0 Å². The van der Waals surface area contributed by atoms with E-state index in [0.29, 0.717) is 35.6 Å². The van der Waals surface area contributed by atoms with Gasteiger partial charge in [0.25, 0.3) is 11.8 Å². The van der Waals surface area contributed by atoms with Crippen molar-refractivity contribution >= 4 is 46.9 Å². The van der Waals surface area contributed by atoms with Crippen LogP contribution in [-0.4, -0.2) is 29.6 Å². The van der Waals surface area contributed by atoms with Gasteiger partial charge in [-0.25, -0.2) is 0 Å². The van der Waals surface area contributed by atoms with Crippen molar-refractivity contribution in [3.8, 4) is 5.75 Å². The molecule has 0 spiro atoms. The van der Waals surface area contributed by atoms with Gasteiger partial charge in [-0.3, -0.25) is 14.4 Å². The molecule has 0 saturated carbocycles.